The van der Waals surface area contributed by atoms with E-state index in [2.05, 4.69) is 0 Å². The minimum Gasteiger partial charge on any atom is -0.478 e. The van der Waals surface area contributed by atoms with E-state index in [0.29, 0.717) is 12.1 Å². The number of nitrogen functional groups attached to an aromatic ring is 1. The maximum Gasteiger partial charge on any atom is 0.416 e. The van der Waals surface area contributed by atoms with Crippen molar-refractivity contribution in [3.8, 4) is 0 Å². The molecule has 0 unspecified atom stereocenters. The summed E-state index contributed by atoms with van der Waals surface area (Å²) in [6.45, 7) is 0.986. The summed E-state index contributed by atoms with van der Waals surface area (Å²) in [5.41, 5.74) is 2.62. The summed E-state index contributed by atoms with van der Waals surface area (Å²) in [5.74, 6) is -2.36. The molecule has 0 atom stereocenters. The van der Waals surface area contributed by atoms with Crippen LogP contribution in [0.3, 0.4) is 0 Å². The van der Waals surface area contributed by atoms with Gasteiger partial charge < -0.3 is 20.5 Å². The quantitative estimate of drug-likeness (QED) is 0.805. The fourth-order valence-electron chi connectivity index (χ4n) is 2.16. The van der Waals surface area contributed by atoms with Gasteiger partial charge in [-0.3, -0.25) is 4.79 Å². The molecule has 120 valence electrons. The summed E-state index contributed by atoms with van der Waals surface area (Å²) in [5, 5.41) is 9.11. The first kappa shape index (κ1) is 16.1. The molecule has 9 heteroatoms. The topological polar surface area (TPSA) is 92.9 Å². The molecule has 3 N–H and O–H groups in total. The second kappa shape index (κ2) is 5.84. The van der Waals surface area contributed by atoms with E-state index >= 15 is 0 Å². The van der Waals surface area contributed by atoms with E-state index in [9.17, 15) is 22.8 Å². The molecule has 2 rings (SSSR count). The predicted molar refractivity (Wildman–Crippen MR) is 69.5 cm³/mol. The Balaban J connectivity index is 2.50. The third-order valence-electron chi connectivity index (χ3n) is 3.24. The molecule has 1 aliphatic rings. The first-order valence-corrected chi connectivity index (χ1v) is 6.33. The highest BCUT2D eigenvalue weighted by atomic mass is 19.4. The van der Waals surface area contributed by atoms with Gasteiger partial charge in [-0.1, -0.05) is 0 Å². The molecular weight excluding hydrogens is 305 g/mol. The molecule has 1 aliphatic heterocycles. The highest BCUT2D eigenvalue weighted by Gasteiger charge is 2.35. The number of nitrogens with zero attached hydrogens (tertiary/aromatic N) is 1. The van der Waals surface area contributed by atoms with Crippen LogP contribution >= 0.6 is 0 Å². The number of halogens is 3. The third kappa shape index (κ3) is 3.14. The monoisotopic (exact) mass is 318 g/mol. The second-order valence-corrected chi connectivity index (χ2v) is 4.70. The van der Waals surface area contributed by atoms with Gasteiger partial charge >= 0.3 is 12.1 Å². The van der Waals surface area contributed by atoms with Crippen molar-refractivity contribution in [1.82, 2.24) is 4.90 Å². The summed E-state index contributed by atoms with van der Waals surface area (Å²) in [7, 11) is 0. The number of aromatic carboxylic acids is 1. The van der Waals surface area contributed by atoms with Crippen LogP contribution in [0.5, 0.6) is 0 Å². The first-order chi connectivity index (χ1) is 10.2. The van der Waals surface area contributed by atoms with E-state index in [1.165, 1.54) is 4.90 Å². The Morgan fingerprint density at radius 2 is 1.82 bits per heavy atom. The van der Waals surface area contributed by atoms with Gasteiger partial charge in [-0.05, 0) is 12.1 Å². The molecule has 0 aliphatic carbocycles. The minimum absolute atomic E-state index is 0.221. The largest absolute Gasteiger partial charge is 0.478 e. The Labute approximate surface area is 123 Å². The lowest BCUT2D eigenvalue weighted by molar-refractivity contribution is -0.137. The molecule has 0 bridgehead atoms. The standard InChI is InChI=1S/C13H13F3N2O4/c14-13(15,16)7-5-8(12(20)21)10(9(17)6-7)11(19)18-1-3-22-4-2-18/h5-6H,1-4,17H2,(H,20,21). The lowest BCUT2D eigenvalue weighted by Gasteiger charge is -2.28. The Bertz CT molecular complexity index is 610. The normalized spacial score (nSPS) is 15.7. The number of carbonyl (C=O) groups is 2. The van der Waals surface area contributed by atoms with Crippen LogP contribution in [-0.2, 0) is 10.9 Å². The van der Waals surface area contributed by atoms with Gasteiger partial charge in [0.2, 0.25) is 0 Å². The van der Waals surface area contributed by atoms with Gasteiger partial charge in [0, 0.05) is 18.8 Å². The number of morpholine rings is 1. The highest BCUT2D eigenvalue weighted by molar-refractivity contribution is 6.08. The Hall–Kier alpha value is -2.29. The zero-order chi connectivity index (χ0) is 16.5. The number of anilines is 1. The Kier molecular flexibility index (Phi) is 4.27. The van der Waals surface area contributed by atoms with Gasteiger partial charge in [-0.15, -0.1) is 0 Å². The predicted octanol–water partition coefficient (Wildman–Crippen LogP) is 1.46. The molecule has 1 saturated heterocycles. The van der Waals surface area contributed by atoms with E-state index in [1.807, 2.05) is 0 Å². The number of ether oxygens (including phenoxy) is 1. The molecule has 0 saturated carbocycles. The summed E-state index contributed by atoms with van der Waals surface area (Å²) in [6.07, 6.45) is -4.75. The molecule has 1 aromatic rings. The maximum absolute atomic E-state index is 12.7. The van der Waals surface area contributed by atoms with E-state index in [4.69, 9.17) is 15.6 Å². The number of hydrogen-bond donors (Lipinski definition) is 2. The average molecular weight is 318 g/mol. The van der Waals surface area contributed by atoms with Gasteiger partial charge in [0.05, 0.1) is 29.9 Å². The molecule has 6 nitrogen and oxygen atoms in total. The first-order valence-electron chi connectivity index (χ1n) is 6.33. The summed E-state index contributed by atoms with van der Waals surface area (Å²) in [4.78, 5) is 24.9. The Morgan fingerprint density at radius 3 is 2.32 bits per heavy atom. The van der Waals surface area contributed by atoms with Gasteiger partial charge in [-0.25, -0.2) is 4.79 Å². The van der Waals surface area contributed by atoms with E-state index in [0.717, 1.165) is 0 Å². The van der Waals surface area contributed by atoms with Crippen LogP contribution in [-0.4, -0.2) is 48.2 Å². The van der Waals surface area contributed by atoms with Gasteiger partial charge in [0.1, 0.15) is 0 Å². The molecule has 22 heavy (non-hydrogen) atoms. The number of alkyl halides is 3. The minimum atomic E-state index is -4.75. The summed E-state index contributed by atoms with van der Waals surface area (Å²) in [6, 6.07) is 0.993. The zero-order valence-electron chi connectivity index (χ0n) is 11.3. The van der Waals surface area contributed by atoms with Gasteiger partial charge in [0.25, 0.3) is 5.91 Å². The van der Waals surface area contributed by atoms with Crippen molar-refractivity contribution in [2.75, 3.05) is 32.0 Å². The fraction of sp³-hybridized carbons (Fsp3) is 0.385. The molecule has 1 amide bonds. The molecule has 1 fully saturated rings. The van der Waals surface area contributed by atoms with Crippen molar-refractivity contribution >= 4 is 17.6 Å². The number of nitrogens with two attached hydrogens (primary N) is 1. The fourth-order valence-corrected chi connectivity index (χ4v) is 2.16. The van der Waals surface area contributed by atoms with Crippen molar-refractivity contribution in [3.05, 3.63) is 28.8 Å². The third-order valence-corrected chi connectivity index (χ3v) is 3.24. The number of rotatable bonds is 2. The van der Waals surface area contributed by atoms with Crippen LogP contribution in [0.4, 0.5) is 18.9 Å². The number of benzene rings is 1. The lowest BCUT2D eigenvalue weighted by Crippen LogP contribution is -2.41. The number of carboxylic acids is 1. The molecule has 1 aromatic carbocycles. The van der Waals surface area contributed by atoms with Crippen molar-refractivity contribution in [2.45, 2.75) is 6.18 Å². The lowest BCUT2D eigenvalue weighted by atomic mass is 10.00. The van der Waals surface area contributed by atoms with Gasteiger partial charge in [-0.2, -0.15) is 13.2 Å². The highest BCUT2D eigenvalue weighted by Crippen LogP contribution is 2.33. The van der Waals surface area contributed by atoms with Crippen molar-refractivity contribution < 1.29 is 32.6 Å². The van der Waals surface area contributed by atoms with Gasteiger partial charge in [0.15, 0.2) is 0 Å². The van der Waals surface area contributed by atoms with Crippen LogP contribution in [0.2, 0.25) is 0 Å². The maximum atomic E-state index is 12.7. The van der Waals surface area contributed by atoms with Crippen LogP contribution in [0, 0.1) is 0 Å². The van der Waals surface area contributed by atoms with Crippen LogP contribution < -0.4 is 5.73 Å². The molecule has 1 heterocycles. The summed E-state index contributed by atoms with van der Waals surface area (Å²) >= 11 is 0. The van der Waals surface area contributed by atoms with Crippen LogP contribution in [0.25, 0.3) is 0 Å². The SMILES string of the molecule is Nc1cc(C(F)(F)F)cc(C(=O)O)c1C(=O)N1CCOCC1. The number of hydrogen-bond acceptors (Lipinski definition) is 4. The van der Waals surface area contributed by atoms with Crippen molar-refractivity contribution in [3.63, 3.8) is 0 Å². The Morgan fingerprint density at radius 1 is 1.23 bits per heavy atom. The number of amides is 1. The van der Waals surface area contributed by atoms with Crippen LogP contribution in [0.15, 0.2) is 12.1 Å². The number of carboxylic acid groups (broad SMARTS) is 1. The summed E-state index contributed by atoms with van der Waals surface area (Å²) < 4.78 is 43.3. The zero-order valence-corrected chi connectivity index (χ0v) is 11.3. The molecule has 0 radical (unpaired) electrons. The number of carbonyl (C=O) groups excluding carboxylic acids is 1. The van der Waals surface area contributed by atoms with Crippen molar-refractivity contribution in [2.24, 2.45) is 0 Å². The molecule has 0 aromatic heterocycles. The van der Waals surface area contributed by atoms with Crippen molar-refractivity contribution in [1.29, 1.82) is 0 Å². The molecular formula is C13H13F3N2O4. The second-order valence-electron chi connectivity index (χ2n) is 4.70. The van der Waals surface area contributed by atoms with E-state index in [1.54, 1.807) is 0 Å². The molecule has 0 spiro atoms. The smallest absolute Gasteiger partial charge is 0.416 e. The van der Waals surface area contributed by atoms with Crippen LogP contribution in [0.1, 0.15) is 26.3 Å². The van der Waals surface area contributed by atoms with E-state index < -0.39 is 40.4 Å². The van der Waals surface area contributed by atoms with E-state index in [-0.39, 0.29) is 26.3 Å². The average Bonchev–Trinajstić information content (AvgIpc) is 2.45.